The number of carbonyl (C=O) groups is 2. The summed E-state index contributed by atoms with van der Waals surface area (Å²) >= 11 is 0. The van der Waals surface area contributed by atoms with Crippen LogP contribution in [-0.4, -0.2) is 33.8 Å². The molecule has 0 spiro atoms. The van der Waals surface area contributed by atoms with Crippen LogP contribution < -0.4 is 0 Å². The summed E-state index contributed by atoms with van der Waals surface area (Å²) < 4.78 is 0. The molecular formula is C14H18ClNO3. The number of aliphatic carboxylic acids is 1. The molecule has 1 fully saturated rings. The Hall–Kier alpha value is -1.39. The minimum atomic E-state index is -0.838. The van der Waals surface area contributed by atoms with Gasteiger partial charge in [-0.2, -0.15) is 0 Å². The molecule has 1 N–H and O–H groups in total. The van der Waals surface area contributed by atoms with Gasteiger partial charge in [0.25, 0.3) is 0 Å². The van der Waals surface area contributed by atoms with Gasteiger partial charge in [-0.3, -0.25) is 14.5 Å². The molecule has 104 valence electrons. The third-order valence-corrected chi connectivity index (χ3v) is 3.48. The number of hydrogen-bond acceptors (Lipinski definition) is 3. The van der Waals surface area contributed by atoms with Crippen LogP contribution in [0.3, 0.4) is 0 Å². The molecule has 0 amide bonds. The standard InChI is InChI=1S/C14H17NO3.ClH/c1-10(16)12-7-8-13(14(17)18)15(12)9-11-5-3-2-4-6-11;/h2-6,12-13H,7-9H2,1H3,(H,17,18);1H. The Morgan fingerprint density at radius 3 is 2.32 bits per heavy atom. The number of nitrogens with zero attached hydrogens (tertiary/aromatic N) is 1. The largest absolute Gasteiger partial charge is 0.480 e. The van der Waals surface area contributed by atoms with Crippen molar-refractivity contribution in [2.24, 2.45) is 0 Å². The van der Waals surface area contributed by atoms with Gasteiger partial charge in [0.05, 0.1) is 6.04 Å². The van der Waals surface area contributed by atoms with E-state index in [1.165, 1.54) is 6.92 Å². The van der Waals surface area contributed by atoms with Crippen molar-refractivity contribution in [1.29, 1.82) is 0 Å². The van der Waals surface area contributed by atoms with E-state index in [9.17, 15) is 14.7 Å². The Bertz CT molecular complexity index is 427. The van der Waals surface area contributed by atoms with Crippen molar-refractivity contribution in [3.05, 3.63) is 35.9 Å². The zero-order valence-electron chi connectivity index (χ0n) is 10.8. The number of rotatable bonds is 4. The Balaban J connectivity index is 0.00000180. The summed E-state index contributed by atoms with van der Waals surface area (Å²) in [7, 11) is 0. The lowest BCUT2D eigenvalue weighted by Crippen LogP contribution is -2.42. The molecule has 5 heteroatoms. The molecule has 0 aromatic heterocycles. The molecule has 2 rings (SSSR count). The highest BCUT2D eigenvalue weighted by molar-refractivity contribution is 5.85. The molecule has 0 radical (unpaired) electrons. The molecular weight excluding hydrogens is 266 g/mol. The van der Waals surface area contributed by atoms with E-state index in [0.717, 1.165) is 5.56 Å². The van der Waals surface area contributed by atoms with Crippen molar-refractivity contribution < 1.29 is 14.7 Å². The fourth-order valence-corrected chi connectivity index (χ4v) is 2.58. The first-order chi connectivity index (χ1) is 8.59. The predicted molar refractivity (Wildman–Crippen MR) is 74.4 cm³/mol. The van der Waals surface area contributed by atoms with E-state index in [-0.39, 0.29) is 24.2 Å². The smallest absolute Gasteiger partial charge is 0.320 e. The monoisotopic (exact) mass is 283 g/mol. The summed E-state index contributed by atoms with van der Waals surface area (Å²) in [6.07, 6.45) is 1.19. The SMILES string of the molecule is CC(=O)C1CCC(C(=O)O)N1Cc1ccccc1.Cl. The van der Waals surface area contributed by atoms with Gasteiger partial charge >= 0.3 is 5.97 Å². The molecule has 1 aliphatic heterocycles. The molecule has 1 aromatic rings. The summed E-state index contributed by atoms with van der Waals surface area (Å²) in [6, 6.07) is 8.87. The highest BCUT2D eigenvalue weighted by Gasteiger charge is 2.39. The third kappa shape index (κ3) is 3.55. The molecule has 1 saturated heterocycles. The highest BCUT2D eigenvalue weighted by Crippen LogP contribution is 2.27. The molecule has 4 nitrogen and oxygen atoms in total. The number of carboxylic acid groups (broad SMARTS) is 1. The fraction of sp³-hybridized carbons (Fsp3) is 0.429. The Morgan fingerprint density at radius 1 is 1.21 bits per heavy atom. The minimum Gasteiger partial charge on any atom is -0.480 e. The van der Waals surface area contributed by atoms with Gasteiger partial charge in [0, 0.05) is 6.54 Å². The van der Waals surface area contributed by atoms with E-state index in [1.54, 1.807) is 4.90 Å². The zero-order chi connectivity index (χ0) is 13.1. The van der Waals surface area contributed by atoms with Crippen LogP contribution in [0.5, 0.6) is 0 Å². The number of carbonyl (C=O) groups excluding carboxylic acids is 1. The summed E-state index contributed by atoms with van der Waals surface area (Å²) in [5.41, 5.74) is 1.04. The van der Waals surface area contributed by atoms with Crippen LogP contribution in [0.2, 0.25) is 0 Å². The van der Waals surface area contributed by atoms with Crippen molar-refractivity contribution >= 4 is 24.2 Å². The minimum absolute atomic E-state index is 0. The van der Waals surface area contributed by atoms with Crippen LogP contribution in [0.15, 0.2) is 30.3 Å². The van der Waals surface area contributed by atoms with Gasteiger partial charge in [-0.25, -0.2) is 0 Å². The molecule has 1 aromatic carbocycles. The van der Waals surface area contributed by atoms with Gasteiger partial charge in [-0.05, 0) is 25.3 Å². The Labute approximate surface area is 118 Å². The number of likely N-dealkylation sites (tertiary alicyclic amines) is 1. The molecule has 19 heavy (non-hydrogen) atoms. The van der Waals surface area contributed by atoms with Crippen LogP contribution in [0.1, 0.15) is 25.3 Å². The van der Waals surface area contributed by atoms with Crippen LogP contribution in [-0.2, 0) is 16.1 Å². The molecule has 1 heterocycles. The Morgan fingerprint density at radius 2 is 1.79 bits per heavy atom. The van der Waals surface area contributed by atoms with Crippen molar-refractivity contribution in [3.8, 4) is 0 Å². The first-order valence-electron chi connectivity index (χ1n) is 6.12. The maximum absolute atomic E-state index is 11.6. The predicted octanol–water partition coefficient (Wildman–Crippen LogP) is 2.12. The highest BCUT2D eigenvalue weighted by atomic mass is 35.5. The van der Waals surface area contributed by atoms with E-state index in [2.05, 4.69) is 0 Å². The quantitative estimate of drug-likeness (QED) is 0.919. The number of hydrogen-bond donors (Lipinski definition) is 1. The summed E-state index contributed by atoms with van der Waals surface area (Å²) in [6.45, 7) is 2.05. The molecule has 0 saturated carbocycles. The fourth-order valence-electron chi connectivity index (χ4n) is 2.58. The molecule has 0 bridgehead atoms. The average molecular weight is 284 g/mol. The van der Waals surface area contributed by atoms with Crippen LogP contribution in [0.25, 0.3) is 0 Å². The number of Topliss-reactive ketones (excluding diaryl/α,β-unsaturated/α-hetero) is 1. The number of carboxylic acids is 1. The lowest BCUT2D eigenvalue weighted by atomic mass is 10.1. The van der Waals surface area contributed by atoms with E-state index in [1.807, 2.05) is 30.3 Å². The zero-order valence-corrected chi connectivity index (χ0v) is 11.6. The van der Waals surface area contributed by atoms with Gasteiger partial charge in [-0.15, -0.1) is 12.4 Å². The lowest BCUT2D eigenvalue weighted by molar-refractivity contribution is -0.143. The van der Waals surface area contributed by atoms with E-state index >= 15 is 0 Å². The van der Waals surface area contributed by atoms with Crippen molar-refractivity contribution in [2.75, 3.05) is 0 Å². The molecule has 2 unspecified atom stereocenters. The second-order valence-corrected chi connectivity index (χ2v) is 4.72. The van der Waals surface area contributed by atoms with E-state index in [0.29, 0.717) is 19.4 Å². The maximum atomic E-state index is 11.6. The summed E-state index contributed by atoms with van der Waals surface area (Å²) in [5.74, 6) is -0.788. The van der Waals surface area contributed by atoms with Crippen LogP contribution in [0.4, 0.5) is 0 Å². The van der Waals surface area contributed by atoms with Gasteiger partial charge < -0.3 is 5.11 Å². The van der Waals surface area contributed by atoms with E-state index in [4.69, 9.17) is 0 Å². The van der Waals surface area contributed by atoms with Gasteiger partial charge in [0.2, 0.25) is 0 Å². The number of benzene rings is 1. The molecule has 1 aliphatic rings. The van der Waals surface area contributed by atoms with Crippen molar-refractivity contribution in [2.45, 2.75) is 38.4 Å². The van der Waals surface area contributed by atoms with E-state index < -0.39 is 12.0 Å². The normalized spacial score (nSPS) is 22.8. The molecule has 0 aliphatic carbocycles. The first kappa shape index (κ1) is 15.7. The average Bonchev–Trinajstić information content (AvgIpc) is 2.74. The maximum Gasteiger partial charge on any atom is 0.320 e. The summed E-state index contributed by atoms with van der Waals surface area (Å²) in [5, 5.41) is 9.21. The molecule has 2 atom stereocenters. The van der Waals surface area contributed by atoms with Gasteiger partial charge in [0.1, 0.15) is 11.8 Å². The third-order valence-electron chi connectivity index (χ3n) is 3.48. The van der Waals surface area contributed by atoms with Crippen LogP contribution in [0, 0.1) is 0 Å². The van der Waals surface area contributed by atoms with Crippen molar-refractivity contribution in [3.63, 3.8) is 0 Å². The first-order valence-corrected chi connectivity index (χ1v) is 6.12. The van der Waals surface area contributed by atoms with Gasteiger partial charge in [-0.1, -0.05) is 30.3 Å². The second-order valence-electron chi connectivity index (χ2n) is 4.72. The van der Waals surface area contributed by atoms with Crippen LogP contribution >= 0.6 is 12.4 Å². The topological polar surface area (TPSA) is 57.6 Å². The number of halogens is 1. The summed E-state index contributed by atoms with van der Waals surface area (Å²) in [4.78, 5) is 24.6. The Kier molecular flexibility index (Phi) is 5.51. The number of ketones is 1. The second kappa shape index (κ2) is 6.68. The van der Waals surface area contributed by atoms with Crippen molar-refractivity contribution in [1.82, 2.24) is 4.90 Å². The lowest BCUT2D eigenvalue weighted by Gasteiger charge is -2.26. The van der Waals surface area contributed by atoms with Gasteiger partial charge in [0.15, 0.2) is 0 Å².